The number of hydrogen-bond acceptors (Lipinski definition) is 5. The van der Waals surface area contributed by atoms with Crippen molar-refractivity contribution in [3.05, 3.63) is 53.6 Å². The summed E-state index contributed by atoms with van der Waals surface area (Å²) in [5, 5.41) is 2.91. The Morgan fingerprint density at radius 1 is 1.19 bits per heavy atom. The normalized spacial score (nSPS) is 16.2. The van der Waals surface area contributed by atoms with Crippen LogP contribution in [0, 0.1) is 12.8 Å². The van der Waals surface area contributed by atoms with Crippen molar-refractivity contribution in [2.75, 3.05) is 24.7 Å². The largest absolute Gasteiger partial charge is 0.485 e. The van der Waals surface area contributed by atoms with E-state index >= 15 is 0 Å². The average Bonchev–Trinajstić information content (AvgIpc) is 3.60. The summed E-state index contributed by atoms with van der Waals surface area (Å²) in [4.78, 5) is 39.3. The van der Waals surface area contributed by atoms with Crippen LogP contribution < -0.4 is 19.7 Å². The SMILES string of the molecule is Cc1ccc(OCC(=O)c2ccc3c(c2)N(C(C)C(=O)NCC2CC2)C(=O)CO3)cc1. The number of carbonyl (C=O) groups excluding carboxylic acids is 3. The van der Waals surface area contributed by atoms with Crippen LogP contribution in [0.2, 0.25) is 0 Å². The molecular formula is C24H26N2O5. The highest BCUT2D eigenvalue weighted by Crippen LogP contribution is 2.35. The molecule has 7 heteroatoms. The third kappa shape index (κ3) is 4.87. The highest BCUT2D eigenvalue weighted by molar-refractivity contribution is 6.05. The third-order valence-electron chi connectivity index (χ3n) is 5.58. The molecule has 0 bridgehead atoms. The molecule has 1 saturated carbocycles. The first-order chi connectivity index (χ1) is 14.9. The van der Waals surface area contributed by atoms with Gasteiger partial charge in [-0.3, -0.25) is 19.3 Å². The maximum atomic E-state index is 12.7. The van der Waals surface area contributed by atoms with Crippen LogP contribution in [0.3, 0.4) is 0 Å². The van der Waals surface area contributed by atoms with Crippen LogP contribution in [0.15, 0.2) is 42.5 Å². The summed E-state index contributed by atoms with van der Waals surface area (Å²) in [5.41, 5.74) is 1.92. The number of amides is 2. The number of anilines is 1. The minimum atomic E-state index is -0.705. The highest BCUT2D eigenvalue weighted by atomic mass is 16.5. The van der Waals surface area contributed by atoms with Crippen LogP contribution in [-0.4, -0.2) is 43.4 Å². The Morgan fingerprint density at radius 3 is 2.65 bits per heavy atom. The maximum Gasteiger partial charge on any atom is 0.265 e. The number of nitrogens with one attached hydrogen (secondary N) is 1. The maximum absolute atomic E-state index is 12.7. The number of hydrogen-bond donors (Lipinski definition) is 1. The lowest BCUT2D eigenvalue weighted by atomic mass is 10.1. The standard InChI is InChI=1S/C24H26N2O5/c1-15-3-8-19(9-4-15)30-13-21(27)18-7-10-22-20(11-18)26(23(28)14-31-22)16(2)24(29)25-12-17-5-6-17/h3-4,7-11,16-17H,5-6,12-14H2,1-2H3,(H,25,29). The van der Waals surface area contributed by atoms with Gasteiger partial charge in [-0.25, -0.2) is 0 Å². The number of fused-ring (bicyclic) bond motifs is 1. The number of rotatable bonds is 8. The molecule has 1 unspecified atom stereocenters. The molecule has 2 aromatic rings. The fourth-order valence-corrected chi connectivity index (χ4v) is 3.47. The summed E-state index contributed by atoms with van der Waals surface area (Å²) in [5.74, 6) is 0.860. The molecule has 1 aliphatic heterocycles. The zero-order valence-electron chi connectivity index (χ0n) is 17.7. The van der Waals surface area contributed by atoms with Gasteiger partial charge in [-0.05, 0) is 62.9 Å². The molecule has 1 atom stereocenters. The van der Waals surface area contributed by atoms with Gasteiger partial charge in [0.2, 0.25) is 5.91 Å². The lowest BCUT2D eigenvalue weighted by molar-refractivity contribution is -0.127. The first kappa shape index (κ1) is 20.9. The van der Waals surface area contributed by atoms with E-state index in [0.717, 1.165) is 18.4 Å². The second-order valence-electron chi connectivity index (χ2n) is 8.12. The predicted octanol–water partition coefficient (Wildman–Crippen LogP) is 2.90. The second kappa shape index (κ2) is 8.79. The van der Waals surface area contributed by atoms with Crippen LogP contribution in [0.5, 0.6) is 11.5 Å². The van der Waals surface area contributed by atoms with E-state index in [2.05, 4.69) is 5.32 Å². The average molecular weight is 422 g/mol. The summed E-state index contributed by atoms with van der Waals surface area (Å²) in [6, 6.07) is 11.6. The highest BCUT2D eigenvalue weighted by Gasteiger charge is 2.34. The van der Waals surface area contributed by atoms with Gasteiger partial charge in [0.1, 0.15) is 17.5 Å². The van der Waals surface area contributed by atoms with Gasteiger partial charge in [0, 0.05) is 12.1 Å². The van der Waals surface area contributed by atoms with Crippen LogP contribution in [-0.2, 0) is 9.59 Å². The van der Waals surface area contributed by atoms with Gasteiger partial charge in [-0.15, -0.1) is 0 Å². The van der Waals surface area contributed by atoms with Crippen molar-refractivity contribution >= 4 is 23.3 Å². The van der Waals surface area contributed by atoms with E-state index in [4.69, 9.17) is 9.47 Å². The van der Waals surface area contributed by atoms with Gasteiger partial charge in [0.05, 0.1) is 5.69 Å². The lowest BCUT2D eigenvalue weighted by Gasteiger charge is -2.33. The number of nitrogens with zero attached hydrogens (tertiary/aromatic N) is 1. The molecule has 1 heterocycles. The molecule has 2 aromatic carbocycles. The molecule has 0 saturated heterocycles. The second-order valence-corrected chi connectivity index (χ2v) is 8.12. The summed E-state index contributed by atoms with van der Waals surface area (Å²) in [7, 11) is 0. The lowest BCUT2D eigenvalue weighted by Crippen LogP contribution is -2.51. The molecule has 0 radical (unpaired) electrons. The summed E-state index contributed by atoms with van der Waals surface area (Å²) in [6.45, 7) is 4.02. The molecular weight excluding hydrogens is 396 g/mol. The zero-order chi connectivity index (χ0) is 22.0. The predicted molar refractivity (Wildman–Crippen MR) is 116 cm³/mol. The molecule has 162 valence electrons. The number of benzene rings is 2. The summed E-state index contributed by atoms with van der Waals surface area (Å²) in [6.07, 6.45) is 2.26. The number of carbonyl (C=O) groups is 3. The first-order valence-corrected chi connectivity index (χ1v) is 10.5. The molecule has 7 nitrogen and oxygen atoms in total. The minimum Gasteiger partial charge on any atom is -0.485 e. The van der Waals surface area contributed by atoms with E-state index < -0.39 is 6.04 Å². The Bertz CT molecular complexity index is 998. The van der Waals surface area contributed by atoms with Gasteiger partial charge < -0.3 is 14.8 Å². The van der Waals surface area contributed by atoms with E-state index in [1.54, 1.807) is 25.1 Å². The van der Waals surface area contributed by atoms with Crippen LogP contribution in [0.4, 0.5) is 5.69 Å². The number of aryl methyl sites for hydroxylation is 1. The van der Waals surface area contributed by atoms with Crippen molar-refractivity contribution in [3.8, 4) is 11.5 Å². The van der Waals surface area contributed by atoms with E-state index in [1.165, 1.54) is 4.90 Å². The van der Waals surface area contributed by atoms with Gasteiger partial charge in [-0.1, -0.05) is 17.7 Å². The van der Waals surface area contributed by atoms with Gasteiger partial charge in [-0.2, -0.15) is 0 Å². The number of ketones is 1. The monoisotopic (exact) mass is 422 g/mol. The fraction of sp³-hybridized carbons (Fsp3) is 0.375. The molecule has 1 N–H and O–H groups in total. The molecule has 2 amide bonds. The van der Waals surface area contributed by atoms with E-state index in [9.17, 15) is 14.4 Å². The molecule has 31 heavy (non-hydrogen) atoms. The molecule has 0 spiro atoms. The summed E-state index contributed by atoms with van der Waals surface area (Å²) < 4.78 is 11.1. The number of ether oxygens (including phenoxy) is 2. The van der Waals surface area contributed by atoms with Crippen molar-refractivity contribution in [2.24, 2.45) is 5.92 Å². The molecule has 0 aromatic heterocycles. The first-order valence-electron chi connectivity index (χ1n) is 10.5. The zero-order valence-corrected chi connectivity index (χ0v) is 17.7. The van der Waals surface area contributed by atoms with Crippen molar-refractivity contribution in [1.82, 2.24) is 5.32 Å². The van der Waals surface area contributed by atoms with Crippen LogP contribution in [0.1, 0.15) is 35.7 Å². The fourth-order valence-electron chi connectivity index (χ4n) is 3.47. The summed E-state index contributed by atoms with van der Waals surface area (Å²) >= 11 is 0. The molecule has 1 fully saturated rings. The van der Waals surface area contributed by atoms with Crippen LogP contribution in [0.25, 0.3) is 0 Å². The Kier molecular flexibility index (Phi) is 5.93. The minimum absolute atomic E-state index is 0.131. The van der Waals surface area contributed by atoms with Crippen LogP contribution >= 0.6 is 0 Å². The van der Waals surface area contributed by atoms with Gasteiger partial charge >= 0.3 is 0 Å². The van der Waals surface area contributed by atoms with Gasteiger partial charge in [0.15, 0.2) is 19.0 Å². The quantitative estimate of drug-likeness (QED) is 0.662. The van der Waals surface area contributed by atoms with E-state index in [-0.39, 0.29) is 30.8 Å². The molecule has 1 aliphatic carbocycles. The number of Topliss-reactive ketones (excluding diaryl/α,β-unsaturated/α-hetero) is 1. The Morgan fingerprint density at radius 2 is 1.94 bits per heavy atom. The van der Waals surface area contributed by atoms with Crippen molar-refractivity contribution in [2.45, 2.75) is 32.7 Å². The van der Waals surface area contributed by atoms with Crippen molar-refractivity contribution in [3.63, 3.8) is 0 Å². The Labute approximate surface area is 181 Å². The van der Waals surface area contributed by atoms with Crippen molar-refractivity contribution < 1.29 is 23.9 Å². The third-order valence-corrected chi connectivity index (χ3v) is 5.58. The van der Waals surface area contributed by atoms with Crippen molar-refractivity contribution in [1.29, 1.82) is 0 Å². The van der Waals surface area contributed by atoms with E-state index in [0.29, 0.717) is 35.2 Å². The Hall–Kier alpha value is -3.35. The molecule has 2 aliphatic rings. The smallest absolute Gasteiger partial charge is 0.265 e. The topological polar surface area (TPSA) is 84.9 Å². The Balaban J connectivity index is 1.49. The van der Waals surface area contributed by atoms with Gasteiger partial charge in [0.25, 0.3) is 5.91 Å². The molecule has 4 rings (SSSR count). The van der Waals surface area contributed by atoms with E-state index in [1.807, 2.05) is 31.2 Å².